The fourth-order valence-electron chi connectivity index (χ4n) is 8.32. The number of carbonyl (C=O) groups is 4. The highest BCUT2D eigenvalue weighted by atomic mass is 16.3. The number of rotatable bonds is 12. The van der Waals surface area contributed by atoms with Gasteiger partial charge in [-0.05, 0) is 64.6 Å². The van der Waals surface area contributed by atoms with Crippen LogP contribution in [0.1, 0.15) is 101 Å². The van der Waals surface area contributed by atoms with Crippen LogP contribution in [0.4, 0.5) is 0 Å². The first kappa shape index (κ1) is 36.4. The van der Waals surface area contributed by atoms with Crippen LogP contribution in [-0.2, 0) is 25.8 Å². The van der Waals surface area contributed by atoms with E-state index in [0.717, 1.165) is 63.0 Å². The molecule has 5 fully saturated rings. The van der Waals surface area contributed by atoms with Gasteiger partial charge in [-0.25, -0.2) is 4.68 Å². The molecule has 4 amide bonds. The van der Waals surface area contributed by atoms with Crippen molar-refractivity contribution in [1.29, 1.82) is 0 Å². The predicted molar refractivity (Wildman–Crippen MR) is 184 cm³/mol. The number of hydrogen-bond acceptors (Lipinski definition) is 10. The highest BCUT2D eigenvalue weighted by Crippen LogP contribution is 2.41. The first-order valence-corrected chi connectivity index (χ1v) is 19.0. The van der Waals surface area contributed by atoms with Gasteiger partial charge in [0.2, 0.25) is 23.8 Å². The second-order valence-corrected chi connectivity index (χ2v) is 16.0. The van der Waals surface area contributed by atoms with Crippen LogP contribution in [0.3, 0.4) is 0 Å². The Labute approximate surface area is 303 Å². The van der Waals surface area contributed by atoms with Crippen molar-refractivity contribution in [3.8, 4) is 0 Å². The zero-order chi connectivity index (χ0) is 36.8. The summed E-state index contributed by atoms with van der Waals surface area (Å²) in [7, 11) is 3.59. The van der Waals surface area contributed by atoms with Gasteiger partial charge >= 0.3 is 0 Å². The van der Waals surface area contributed by atoms with Crippen LogP contribution in [-0.4, -0.2) is 138 Å². The first-order valence-electron chi connectivity index (χ1n) is 19.0. The zero-order valence-electron chi connectivity index (χ0n) is 30.7. The fourth-order valence-corrected chi connectivity index (χ4v) is 8.32. The van der Waals surface area contributed by atoms with E-state index < -0.39 is 36.4 Å². The Balaban J connectivity index is 1.08. The molecule has 5 heterocycles. The van der Waals surface area contributed by atoms with E-state index in [1.165, 1.54) is 16.8 Å². The molecular formula is C35H54N11O6+. The lowest BCUT2D eigenvalue weighted by atomic mass is 9.88. The summed E-state index contributed by atoms with van der Waals surface area (Å²) in [4.78, 5) is 60.2. The zero-order valence-corrected chi connectivity index (χ0v) is 30.7. The Bertz CT molecular complexity index is 1640. The Morgan fingerprint density at radius 2 is 1.52 bits per heavy atom. The van der Waals surface area contributed by atoms with Crippen LogP contribution in [0.2, 0.25) is 0 Å². The van der Waals surface area contributed by atoms with Gasteiger partial charge in [-0.2, -0.15) is 0 Å². The molecule has 2 aromatic rings. The Kier molecular flexibility index (Phi) is 10.4. The van der Waals surface area contributed by atoms with Crippen LogP contribution in [0.15, 0.2) is 12.4 Å². The number of β-amino-alcohol motifs (C(OH)–C–C–N with tert-alkyl or cyclic N) is 2. The second-order valence-electron chi connectivity index (χ2n) is 16.0. The van der Waals surface area contributed by atoms with E-state index in [0.29, 0.717) is 5.92 Å². The molecule has 284 valence electrons. The maximum Gasteiger partial charge on any atom is 0.271 e. The second kappa shape index (κ2) is 14.8. The highest BCUT2D eigenvalue weighted by Gasteiger charge is 2.47. The molecule has 3 saturated heterocycles. The Hall–Kier alpha value is -3.96. The largest absolute Gasteiger partial charge is 0.391 e. The number of aliphatic hydroxyl groups is 2. The summed E-state index contributed by atoms with van der Waals surface area (Å²) in [5, 5.41) is 40.3. The van der Waals surface area contributed by atoms with Crippen molar-refractivity contribution in [3.63, 3.8) is 0 Å². The van der Waals surface area contributed by atoms with Crippen LogP contribution in [0.5, 0.6) is 0 Å². The average molecular weight is 725 g/mol. The number of likely N-dealkylation sites (tertiary alicyclic amines) is 3. The van der Waals surface area contributed by atoms with E-state index in [9.17, 15) is 29.4 Å². The molecule has 0 aromatic carbocycles. The first-order chi connectivity index (χ1) is 24.9. The molecule has 17 heteroatoms. The van der Waals surface area contributed by atoms with Gasteiger partial charge in [-0.1, -0.05) is 19.1 Å². The third-order valence-corrected chi connectivity index (χ3v) is 11.6. The van der Waals surface area contributed by atoms with E-state index in [1.54, 1.807) is 14.0 Å². The molecule has 17 nitrogen and oxygen atoms in total. The third kappa shape index (κ3) is 7.44. The van der Waals surface area contributed by atoms with Crippen molar-refractivity contribution in [1.82, 2.24) is 50.2 Å². The van der Waals surface area contributed by atoms with Gasteiger partial charge in [0.25, 0.3) is 5.91 Å². The molecule has 2 aliphatic carbocycles. The van der Waals surface area contributed by atoms with Gasteiger partial charge in [0.15, 0.2) is 18.6 Å². The van der Waals surface area contributed by atoms with Crippen molar-refractivity contribution in [2.45, 2.75) is 120 Å². The molecule has 0 bridgehead atoms. The molecule has 6 atom stereocenters. The standard InChI is InChI=1S/C35H53N11O6/c1-20(2)30(34(51)42-15-24(47)13-27(42)32(49)36-3)45-18-29(22-7-8-22)46(40-45)19-37-33(50)28-14-25(48)16-43(28)35(52)31(23-9-11-41(4)12-10-23)44-17-26(38-39-44)21-5-6-21/h17-18,20-25,27-28,30-31,47-48H,5-16,19H2,1-4H3,(H-,36,37,49,50)/p+1/t24-,25-,27+,28+,30-,31+/m1/s1. The molecule has 0 spiro atoms. The summed E-state index contributed by atoms with van der Waals surface area (Å²) < 4.78 is 5.01. The van der Waals surface area contributed by atoms with Gasteiger partial charge < -0.3 is 35.5 Å². The number of carbonyl (C=O) groups excluding carboxylic acids is 4. The van der Waals surface area contributed by atoms with Crippen LogP contribution >= 0.6 is 0 Å². The smallest absolute Gasteiger partial charge is 0.271 e. The number of hydrogen-bond donors (Lipinski definition) is 4. The van der Waals surface area contributed by atoms with Crippen molar-refractivity contribution in [2.75, 3.05) is 40.3 Å². The van der Waals surface area contributed by atoms with Crippen LogP contribution < -0.4 is 15.3 Å². The minimum Gasteiger partial charge on any atom is -0.391 e. The van der Waals surface area contributed by atoms with Gasteiger partial charge in [-0.3, -0.25) is 19.2 Å². The lowest BCUT2D eigenvalue weighted by Crippen LogP contribution is -2.56. The number of aliphatic hydroxyl groups excluding tert-OH is 2. The number of aromatic nitrogens is 6. The van der Waals surface area contributed by atoms with Gasteiger partial charge in [0, 0.05) is 56.9 Å². The molecule has 2 saturated carbocycles. The maximum absolute atomic E-state index is 14.5. The summed E-state index contributed by atoms with van der Waals surface area (Å²) in [6.45, 7) is 5.67. The summed E-state index contributed by atoms with van der Waals surface area (Å²) in [5.74, 6) is -0.789. The minimum atomic E-state index is -0.872. The van der Waals surface area contributed by atoms with E-state index in [-0.39, 0.29) is 74.0 Å². The summed E-state index contributed by atoms with van der Waals surface area (Å²) >= 11 is 0. The minimum absolute atomic E-state index is 0.0147. The molecule has 52 heavy (non-hydrogen) atoms. The lowest BCUT2D eigenvalue weighted by molar-refractivity contribution is -0.772. The van der Waals surface area contributed by atoms with E-state index >= 15 is 0 Å². The van der Waals surface area contributed by atoms with Gasteiger partial charge in [0.05, 0.1) is 23.1 Å². The molecule has 0 radical (unpaired) electrons. The van der Waals surface area contributed by atoms with Crippen molar-refractivity contribution in [3.05, 3.63) is 23.8 Å². The van der Waals surface area contributed by atoms with E-state index in [2.05, 4.69) is 32.9 Å². The summed E-state index contributed by atoms with van der Waals surface area (Å²) in [6, 6.07) is -3.00. The van der Waals surface area contributed by atoms with Gasteiger partial charge in [0.1, 0.15) is 18.1 Å². The Morgan fingerprint density at radius 1 is 0.904 bits per heavy atom. The quantitative estimate of drug-likeness (QED) is 0.198. The highest BCUT2D eigenvalue weighted by molar-refractivity contribution is 5.90. The number of nitrogens with one attached hydrogen (secondary N) is 2. The van der Waals surface area contributed by atoms with E-state index in [4.69, 9.17) is 5.21 Å². The monoisotopic (exact) mass is 724 g/mol. The molecule has 4 N–H and O–H groups in total. The normalized spacial score (nSPS) is 26.9. The topological polar surface area (TPSA) is 195 Å². The van der Waals surface area contributed by atoms with Crippen LogP contribution in [0.25, 0.3) is 0 Å². The van der Waals surface area contributed by atoms with Crippen molar-refractivity contribution in [2.24, 2.45) is 11.8 Å². The fraction of sp³-hybridized carbons (Fsp3) is 0.771. The molecule has 0 unspecified atom stereocenters. The summed E-state index contributed by atoms with van der Waals surface area (Å²) in [6.07, 6.45) is 8.07. The average Bonchev–Trinajstić information content (AvgIpc) is 3.97. The van der Waals surface area contributed by atoms with Crippen molar-refractivity contribution < 1.29 is 34.1 Å². The molecule has 2 aromatic heterocycles. The molecule has 3 aliphatic heterocycles. The molecule has 7 rings (SSSR count). The lowest BCUT2D eigenvalue weighted by Gasteiger charge is -2.36. The maximum atomic E-state index is 14.5. The third-order valence-electron chi connectivity index (χ3n) is 11.6. The SMILES string of the molecule is CNC(=O)[C@@H]1C[C@@H](O)CN1C(=O)[C@@H](C(C)C)[n+]1cc(C2CC2)n(CNC(=O)[C@@H]2C[C@@H](O)CN2C(=O)[C@H](C2CCN(C)CC2)n2cc(C3CC3)nn2)n1. The number of amides is 4. The summed E-state index contributed by atoms with van der Waals surface area (Å²) in [5.41, 5.74) is 1.78. The number of nitrogens with zero attached hydrogens (tertiary/aromatic N) is 9. The Morgan fingerprint density at radius 3 is 2.12 bits per heavy atom. The predicted octanol–water partition coefficient (Wildman–Crippen LogP) is -0.960. The number of piperidine rings is 1. The van der Waals surface area contributed by atoms with Crippen LogP contribution in [0, 0.1) is 11.8 Å². The van der Waals surface area contributed by atoms with E-state index in [1.807, 2.05) is 26.2 Å². The number of likely N-dealkylation sites (N-methyl/N-ethyl adjacent to an activating group) is 1. The molecule has 5 aliphatic rings. The van der Waals surface area contributed by atoms with Gasteiger partial charge in [-0.15, -0.1) is 14.5 Å². The van der Waals surface area contributed by atoms with Crippen molar-refractivity contribution >= 4 is 23.6 Å². The molecular weight excluding hydrogens is 670 g/mol.